The highest BCUT2D eigenvalue weighted by Gasteiger charge is 2.38. The van der Waals surface area contributed by atoms with Crippen molar-refractivity contribution in [3.8, 4) is 11.7 Å². The van der Waals surface area contributed by atoms with E-state index in [2.05, 4.69) is 25.4 Å². The van der Waals surface area contributed by atoms with E-state index in [1.54, 1.807) is 48.5 Å². The first-order chi connectivity index (χ1) is 18.9. The Hall–Kier alpha value is -5.28. The molecule has 0 spiro atoms. The van der Waals surface area contributed by atoms with E-state index in [4.69, 9.17) is 25.8 Å². The fourth-order valence-electron chi connectivity index (χ4n) is 3.28. The van der Waals surface area contributed by atoms with Crippen molar-refractivity contribution in [3.05, 3.63) is 93.9 Å². The molecule has 2 aromatic heterocycles. The molecule has 1 atom stereocenters. The zero-order chi connectivity index (χ0) is 29.4. The number of benzene rings is 2. The van der Waals surface area contributed by atoms with Crippen molar-refractivity contribution in [2.45, 2.75) is 18.9 Å². The Bertz CT molecular complexity index is 1500. The Morgan fingerprint density at radius 3 is 2.35 bits per heavy atom. The van der Waals surface area contributed by atoms with Gasteiger partial charge in [0, 0.05) is 23.6 Å². The molecule has 0 bridgehead atoms. The number of nitrogens with zero attached hydrogens (tertiary/aromatic N) is 4. The van der Waals surface area contributed by atoms with Gasteiger partial charge in [0.25, 0.3) is 5.95 Å². The summed E-state index contributed by atoms with van der Waals surface area (Å²) < 4.78 is 51.6. The Morgan fingerprint density at radius 2 is 1.82 bits per heavy atom. The third-order valence-corrected chi connectivity index (χ3v) is 5.11. The molecular weight excluding hydrogens is 540 g/mol. The van der Waals surface area contributed by atoms with E-state index in [9.17, 15) is 22.4 Å². The maximum absolute atomic E-state index is 13.5. The number of H-pyrrole nitrogens is 1. The van der Waals surface area contributed by atoms with Gasteiger partial charge in [0.1, 0.15) is 24.3 Å². The summed E-state index contributed by atoms with van der Waals surface area (Å²) in [5, 5.41) is 22.4. The van der Waals surface area contributed by atoms with Crippen molar-refractivity contribution in [2.24, 2.45) is 5.73 Å². The van der Waals surface area contributed by atoms with E-state index in [0.29, 0.717) is 28.1 Å². The van der Waals surface area contributed by atoms with Gasteiger partial charge in [0.05, 0.1) is 7.11 Å². The molecule has 0 amide bonds. The van der Waals surface area contributed by atoms with E-state index in [1.807, 2.05) is 0 Å². The zero-order valence-electron chi connectivity index (χ0n) is 20.6. The van der Waals surface area contributed by atoms with Gasteiger partial charge in [-0.15, -0.1) is 9.78 Å². The molecule has 40 heavy (non-hydrogen) atoms. The minimum absolute atomic E-state index is 0.0515. The monoisotopic (exact) mass is 562 g/mol. The number of hydrogen-bond acceptors (Lipinski definition) is 8. The number of anilines is 1. The number of amidine groups is 1. The van der Waals surface area contributed by atoms with Gasteiger partial charge >= 0.3 is 17.8 Å². The van der Waals surface area contributed by atoms with Gasteiger partial charge in [0.2, 0.25) is 0 Å². The lowest BCUT2D eigenvalue weighted by atomic mass is 10.0. The molecule has 16 heteroatoms. The third-order valence-electron chi connectivity index (χ3n) is 5.11. The molecule has 2 aromatic carbocycles. The summed E-state index contributed by atoms with van der Waals surface area (Å²) in [6.07, 6.45) is -2.07. The molecule has 2 heterocycles. The Morgan fingerprint density at radius 1 is 1.20 bits per heavy atom. The first-order valence-electron chi connectivity index (χ1n) is 11.1. The molecule has 0 aliphatic rings. The number of methoxy groups -OCH3 is 1. The van der Waals surface area contributed by atoms with Crippen LogP contribution in [-0.4, -0.2) is 54.9 Å². The summed E-state index contributed by atoms with van der Waals surface area (Å²) in [5.41, 5.74) is 7.28. The number of aromatic nitrogens is 5. The lowest BCUT2D eigenvalue weighted by molar-refractivity contribution is -0.192. The highest BCUT2D eigenvalue weighted by atomic mass is 19.4. The number of carbonyl (C=O) groups is 1. The minimum atomic E-state index is -5.08. The molecule has 4 rings (SSSR count). The number of nitrogen functional groups attached to an aromatic ring is 1. The van der Waals surface area contributed by atoms with Crippen molar-refractivity contribution < 1.29 is 32.2 Å². The minimum Gasteiger partial charge on any atom is -0.497 e. The average Bonchev–Trinajstić information content (AvgIpc) is 3.32. The number of nitrogens with one attached hydrogen (secondary N) is 3. The normalized spacial score (nSPS) is 11.6. The predicted octanol–water partition coefficient (Wildman–Crippen LogP) is 2.95. The number of hydrogen-bond donors (Lipinski definition) is 5. The molecule has 0 radical (unpaired) electrons. The average molecular weight is 562 g/mol. The van der Waals surface area contributed by atoms with Gasteiger partial charge < -0.3 is 20.9 Å². The van der Waals surface area contributed by atoms with Crippen LogP contribution < -0.4 is 21.5 Å². The van der Waals surface area contributed by atoms with E-state index >= 15 is 0 Å². The molecule has 0 saturated carbocycles. The quantitative estimate of drug-likeness (QED) is 0.122. The number of alkyl halides is 4. The third kappa shape index (κ3) is 7.40. The molecule has 0 aliphatic heterocycles. The second kappa shape index (κ2) is 12.5. The van der Waals surface area contributed by atoms with Crippen molar-refractivity contribution in [1.29, 1.82) is 5.41 Å². The van der Waals surface area contributed by atoms with Crippen LogP contribution in [0.5, 0.6) is 5.75 Å². The molecule has 0 aliphatic carbocycles. The lowest BCUT2D eigenvalue weighted by Crippen LogP contribution is -2.21. The Balaban J connectivity index is 0.000000559. The van der Waals surface area contributed by atoms with E-state index in [0.717, 1.165) is 4.68 Å². The topological polar surface area (TPSA) is 185 Å². The van der Waals surface area contributed by atoms with Crippen molar-refractivity contribution in [1.82, 2.24) is 24.7 Å². The van der Waals surface area contributed by atoms with Crippen LogP contribution in [0.1, 0.15) is 28.6 Å². The van der Waals surface area contributed by atoms with Gasteiger partial charge in [-0.3, -0.25) is 10.4 Å². The highest BCUT2D eigenvalue weighted by Crippen LogP contribution is 2.29. The zero-order valence-corrected chi connectivity index (χ0v) is 20.6. The SMILES string of the molecule is COc1cc(CF)cc(C(Nc2ccc(C(=N)N)cc2)c2nn(-c3ncccn3)c(=O)[nH]2)c1.O=C(O)C(F)(F)F. The van der Waals surface area contributed by atoms with Gasteiger partial charge in [-0.05, 0) is 53.6 Å². The van der Waals surface area contributed by atoms with E-state index < -0.39 is 30.6 Å². The van der Waals surface area contributed by atoms with Crippen molar-refractivity contribution in [3.63, 3.8) is 0 Å². The first kappa shape index (κ1) is 29.3. The Kier molecular flexibility index (Phi) is 9.16. The number of aliphatic carboxylic acids is 1. The van der Waals surface area contributed by atoms with E-state index in [1.165, 1.54) is 19.5 Å². The summed E-state index contributed by atoms with van der Waals surface area (Å²) in [6, 6.07) is 12.8. The molecule has 210 valence electrons. The van der Waals surface area contributed by atoms with E-state index in [-0.39, 0.29) is 17.6 Å². The van der Waals surface area contributed by atoms with Crippen LogP contribution in [0, 0.1) is 5.41 Å². The summed E-state index contributed by atoms with van der Waals surface area (Å²) in [4.78, 5) is 32.4. The molecule has 0 fully saturated rings. The first-order valence-corrected chi connectivity index (χ1v) is 11.1. The molecule has 0 saturated heterocycles. The van der Waals surface area contributed by atoms with Crippen LogP contribution in [0.3, 0.4) is 0 Å². The summed E-state index contributed by atoms with van der Waals surface area (Å²) >= 11 is 0. The number of ether oxygens (including phenoxy) is 1. The molecular formula is C24H22F4N8O4. The van der Waals surface area contributed by atoms with Crippen LogP contribution in [0.15, 0.2) is 65.7 Å². The summed E-state index contributed by atoms with van der Waals surface area (Å²) in [6.45, 7) is -0.687. The molecule has 1 unspecified atom stereocenters. The van der Waals surface area contributed by atoms with Crippen molar-refractivity contribution >= 4 is 17.5 Å². The molecule has 12 nitrogen and oxygen atoms in total. The second-order valence-corrected chi connectivity index (χ2v) is 7.90. The summed E-state index contributed by atoms with van der Waals surface area (Å²) in [5.74, 6) is -1.96. The standard InChI is InChI=1S/C22H21FN8O2.C2HF3O2/c1-33-17-10-13(12-23)9-15(11-17)18(28-16-5-3-14(4-6-16)19(24)25)20-29-22(32)31(30-20)21-26-7-2-8-27-21;3-2(4,5)1(6)7/h2-11,18,28H,12H2,1H3,(H3,24,25)(H,29,30,32);(H,6,7). The number of carboxylic acids is 1. The highest BCUT2D eigenvalue weighted by molar-refractivity contribution is 5.95. The molecule has 6 N–H and O–H groups in total. The lowest BCUT2D eigenvalue weighted by Gasteiger charge is -2.20. The fourth-order valence-corrected chi connectivity index (χ4v) is 3.28. The van der Waals surface area contributed by atoms with Crippen LogP contribution in [0.4, 0.5) is 23.2 Å². The van der Waals surface area contributed by atoms with Crippen molar-refractivity contribution in [2.75, 3.05) is 12.4 Å². The maximum Gasteiger partial charge on any atom is 0.490 e. The number of aromatic amines is 1. The smallest absolute Gasteiger partial charge is 0.490 e. The predicted molar refractivity (Wildman–Crippen MR) is 134 cm³/mol. The number of halogens is 4. The molecule has 4 aromatic rings. The largest absolute Gasteiger partial charge is 0.497 e. The van der Waals surface area contributed by atoms with Crippen LogP contribution in [-0.2, 0) is 11.5 Å². The van der Waals surface area contributed by atoms with Gasteiger partial charge in [-0.2, -0.15) is 13.2 Å². The van der Waals surface area contributed by atoms with Crippen LogP contribution in [0.2, 0.25) is 0 Å². The van der Waals surface area contributed by atoms with Crippen LogP contribution in [0.25, 0.3) is 5.95 Å². The van der Waals surface area contributed by atoms with Gasteiger partial charge in [-0.25, -0.2) is 23.9 Å². The van der Waals surface area contributed by atoms with Crippen LogP contribution >= 0.6 is 0 Å². The maximum atomic E-state index is 13.5. The number of nitrogens with two attached hydrogens (primary N) is 1. The fraction of sp³-hybridized carbons (Fsp3) is 0.167. The second-order valence-electron chi connectivity index (χ2n) is 7.90. The number of rotatable bonds is 8. The Labute approximate surface area is 223 Å². The number of carboxylic acid groups (broad SMARTS) is 1. The summed E-state index contributed by atoms with van der Waals surface area (Å²) in [7, 11) is 1.49. The van der Waals surface area contributed by atoms with Gasteiger partial charge in [-0.1, -0.05) is 6.07 Å². The van der Waals surface area contributed by atoms with Gasteiger partial charge in [0.15, 0.2) is 5.82 Å².